The van der Waals surface area contributed by atoms with Crippen LogP contribution in [-0.4, -0.2) is 10.9 Å². The van der Waals surface area contributed by atoms with Gasteiger partial charge in [-0.05, 0) is 96.1 Å². The van der Waals surface area contributed by atoms with E-state index in [1.165, 1.54) is 11.1 Å². The predicted molar refractivity (Wildman–Crippen MR) is 194 cm³/mol. The summed E-state index contributed by atoms with van der Waals surface area (Å²) >= 11 is 0. The Hall–Kier alpha value is -6.58. The Morgan fingerprint density at radius 1 is 0.592 bits per heavy atom. The van der Waals surface area contributed by atoms with Crippen LogP contribution in [0.3, 0.4) is 0 Å². The van der Waals surface area contributed by atoms with Crippen LogP contribution in [0.5, 0.6) is 11.5 Å². The second-order valence-electron chi connectivity index (χ2n) is 12.6. The first-order valence-corrected chi connectivity index (χ1v) is 16.1. The highest BCUT2D eigenvalue weighted by atomic mass is 16.5. The van der Waals surface area contributed by atoms with Crippen LogP contribution < -0.4 is 14.5 Å². The van der Waals surface area contributed by atoms with Crippen molar-refractivity contribution in [3.8, 4) is 17.6 Å². The van der Waals surface area contributed by atoms with Crippen molar-refractivity contribution in [2.24, 2.45) is 0 Å². The third-order valence-electron chi connectivity index (χ3n) is 9.43. The Balaban J connectivity index is 1.10. The standard InChI is InChI=1S/C43H31N3O3/c1-43(2)33-11-3-5-13-35(33)45(36-14-6-4-12-34(36)43)30-23-19-28(20-24-30)41(47)32(27-44)42(48)29-21-25-31(26-22-29)46-37-15-7-9-17-39(37)49-40-18-10-8-16-38(40)46/h3-26,48H,1-2H3. The number of nitriles is 1. The number of Topliss-reactive ketones (excluding diaryl/α,β-unsaturated/α-hetero) is 1. The Morgan fingerprint density at radius 2 is 1.00 bits per heavy atom. The molecular formula is C43H31N3O3. The van der Waals surface area contributed by atoms with Crippen molar-refractivity contribution in [3.63, 3.8) is 0 Å². The maximum atomic E-state index is 13.7. The number of aliphatic hydroxyl groups is 1. The molecule has 0 unspecified atom stereocenters. The minimum atomic E-state index is -0.549. The number of carbonyl (C=O) groups excluding carboxylic acids is 1. The van der Waals surface area contributed by atoms with Crippen LogP contribution in [0.15, 0.2) is 151 Å². The molecule has 6 aromatic carbocycles. The van der Waals surface area contributed by atoms with Gasteiger partial charge in [0.2, 0.25) is 5.78 Å². The summed E-state index contributed by atoms with van der Waals surface area (Å²) in [7, 11) is 0. The number of aliphatic hydroxyl groups excluding tert-OH is 1. The molecule has 0 radical (unpaired) electrons. The van der Waals surface area contributed by atoms with Crippen LogP contribution in [-0.2, 0) is 5.41 Å². The Bertz CT molecular complexity index is 2240. The second-order valence-corrected chi connectivity index (χ2v) is 12.6. The van der Waals surface area contributed by atoms with Crippen molar-refractivity contribution in [1.29, 1.82) is 5.26 Å². The number of hydrogen-bond acceptors (Lipinski definition) is 6. The quantitative estimate of drug-likeness (QED) is 0.0876. The number of ether oxygens (including phenoxy) is 1. The number of allylic oxidation sites excluding steroid dienone is 1. The lowest BCUT2D eigenvalue weighted by Crippen LogP contribution is -2.30. The van der Waals surface area contributed by atoms with Crippen LogP contribution >= 0.6 is 0 Å². The summed E-state index contributed by atoms with van der Waals surface area (Å²) in [5, 5.41) is 21.3. The van der Waals surface area contributed by atoms with E-state index in [-0.39, 0.29) is 16.7 Å². The van der Waals surface area contributed by atoms with Gasteiger partial charge in [-0.3, -0.25) is 4.79 Å². The van der Waals surface area contributed by atoms with Crippen molar-refractivity contribution in [2.45, 2.75) is 19.3 Å². The third-order valence-corrected chi connectivity index (χ3v) is 9.43. The molecule has 6 nitrogen and oxygen atoms in total. The molecule has 8 rings (SSSR count). The summed E-state index contributed by atoms with van der Waals surface area (Å²) < 4.78 is 6.12. The number of carbonyl (C=O) groups is 1. The SMILES string of the molecule is CC1(C)c2ccccc2N(c2ccc(C(=O)C(C#N)=C(O)c3ccc(N4c5ccccc5Oc5ccccc54)cc3)cc2)c2ccccc21. The third kappa shape index (κ3) is 4.83. The molecule has 0 aromatic heterocycles. The molecule has 6 aromatic rings. The number of hydrogen-bond donors (Lipinski definition) is 1. The number of para-hydroxylation sites is 6. The van der Waals surface area contributed by atoms with Gasteiger partial charge in [-0.1, -0.05) is 74.5 Å². The Kier molecular flexibility index (Phi) is 7.05. The van der Waals surface area contributed by atoms with E-state index >= 15 is 0 Å². The van der Waals surface area contributed by atoms with Crippen LogP contribution in [0, 0.1) is 11.3 Å². The molecule has 1 N–H and O–H groups in total. The zero-order valence-electron chi connectivity index (χ0n) is 27.0. The largest absolute Gasteiger partial charge is 0.506 e. The van der Waals surface area contributed by atoms with Gasteiger partial charge in [-0.2, -0.15) is 5.26 Å². The molecule has 49 heavy (non-hydrogen) atoms. The fourth-order valence-electron chi connectivity index (χ4n) is 6.96. The van der Waals surface area contributed by atoms with E-state index in [1.54, 1.807) is 24.3 Å². The van der Waals surface area contributed by atoms with E-state index < -0.39 is 5.78 Å². The van der Waals surface area contributed by atoms with E-state index in [0.717, 1.165) is 45.6 Å². The minimum absolute atomic E-state index is 0.182. The van der Waals surface area contributed by atoms with Crippen molar-refractivity contribution >= 4 is 45.7 Å². The minimum Gasteiger partial charge on any atom is -0.506 e. The first-order chi connectivity index (χ1) is 23.9. The monoisotopic (exact) mass is 637 g/mol. The number of anilines is 6. The van der Waals surface area contributed by atoms with E-state index in [9.17, 15) is 15.2 Å². The van der Waals surface area contributed by atoms with Gasteiger partial charge in [0.15, 0.2) is 11.5 Å². The smallest absolute Gasteiger partial charge is 0.207 e. The molecule has 0 bridgehead atoms. The molecule has 2 aliphatic rings. The van der Waals surface area contributed by atoms with Gasteiger partial charge in [-0.25, -0.2) is 0 Å². The number of ketones is 1. The molecule has 2 heterocycles. The van der Waals surface area contributed by atoms with Crippen molar-refractivity contribution in [3.05, 3.63) is 173 Å². The van der Waals surface area contributed by atoms with E-state index in [4.69, 9.17) is 4.74 Å². The van der Waals surface area contributed by atoms with Crippen molar-refractivity contribution in [2.75, 3.05) is 9.80 Å². The summed E-state index contributed by atoms with van der Waals surface area (Å²) in [6.45, 7) is 4.47. The van der Waals surface area contributed by atoms with E-state index in [0.29, 0.717) is 11.1 Å². The number of benzene rings is 6. The topological polar surface area (TPSA) is 76.8 Å². The number of rotatable bonds is 5. The average Bonchev–Trinajstić information content (AvgIpc) is 3.14. The molecule has 0 saturated heterocycles. The number of fused-ring (bicyclic) bond motifs is 4. The predicted octanol–water partition coefficient (Wildman–Crippen LogP) is 11.0. The first-order valence-electron chi connectivity index (χ1n) is 16.1. The van der Waals surface area contributed by atoms with Gasteiger partial charge in [0.05, 0.1) is 22.7 Å². The van der Waals surface area contributed by atoms with Gasteiger partial charge in [0, 0.05) is 27.9 Å². The second kappa shape index (κ2) is 11.6. The molecule has 0 spiro atoms. The molecule has 6 heteroatoms. The zero-order chi connectivity index (χ0) is 33.7. The lowest BCUT2D eigenvalue weighted by Gasteiger charge is -2.42. The molecule has 0 aliphatic carbocycles. The highest BCUT2D eigenvalue weighted by Crippen LogP contribution is 2.52. The van der Waals surface area contributed by atoms with Gasteiger partial charge in [-0.15, -0.1) is 0 Å². The fourth-order valence-corrected chi connectivity index (χ4v) is 6.96. The van der Waals surface area contributed by atoms with E-state index in [2.05, 4.69) is 60.0 Å². The van der Waals surface area contributed by atoms with E-state index in [1.807, 2.05) is 91.0 Å². The molecular weight excluding hydrogens is 606 g/mol. The zero-order valence-corrected chi connectivity index (χ0v) is 27.0. The van der Waals surface area contributed by atoms with Crippen molar-refractivity contribution in [1.82, 2.24) is 0 Å². The van der Waals surface area contributed by atoms with Crippen LogP contribution in [0.1, 0.15) is 40.9 Å². The lowest BCUT2D eigenvalue weighted by atomic mass is 9.73. The Labute approximate surface area is 285 Å². The lowest BCUT2D eigenvalue weighted by molar-refractivity contribution is 0.103. The fraction of sp³-hybridized carbons (Fsp3) is 0.0698. The first kappa shape index (κ1) is 29.8. The summed E-state index contributed by atoms with van der Waals surface area (Å²) in [5.41, 5.74) is 8.23. The summed E-state index contributed by atoms with van der Waals surface area (Å²) in [5.74, 6) is 0.544. The van der Waals surface area contributed by atoms with Crippen molar-refractivity contribution < 1.29 is 14.6 Å². The van der Waals surface area contributed by atoms with Crippen LogP contribution in [0.4, 0.5) is 34.1 Å². The molecule has 0 fully saturated rings. The van der Waals surface area contributed by atoms with Gasteiger partial charge >= 0.3 is 0 Å². The molecule has 0 amide bonds. The van der Waals surface area contributed by atoms with Gasteiger partial charge in [0.25, 0.3) is 0 Å². The Morgan fingerprint density at radius 3 is 1.49 bits per heavy atom. The maximum absolute atomic E-state index is 13.7. The summed E-state index contributed by atoms with van der Waals surface area (Å²) in [4.78, 5) is 18.0. The number of nitrogens with zero attached hydrogens (tertiary/aromatic N) is 3. The molecule has 0 saturated carbocycles. The van der Waals surface area contributed by atoms with Crippen LogP contribution in [0.25, 0.3) is 5.76 Å². The molecule has 2 aliphatic heterocycles. The highest BCUT2D eigenvalue weighted by molar-refractivity contribution is 6.15. The normalized spacial score (nSPS) is 14.2. The summed E-state index contributed by atoms with van der Waals surface area (Å²) in [6.07, 6.45) is 0. The van der Waals surface area contributed by atoms with Gasteiger partial charge in [0.1, 0.15) is 17.4 Å². The highest BCUT2D eigenvalue weighted by Gasteiger charge is 2.36. The molecule has 236 valence electrons. The van der Waals surface area contributed by atoms with Crippen LogP contribution in [0.2, 0.25) is 0 Å². The maximum Gasteiger partial charge on any atom is 0.207 e. The molecule has 0 atom stereocenters. The van der Waals surface area contributed by atoms with Gasteiger partial charge < -0.3 is 19.6 Å². The summed E-state index contributed by atoms with van der Waals surface area (Å²) in [6, 6.07) is 48.6. The average molecular weight is 638 g/mol.